The number of hydrogen-bond donors (Lipinski definition) is 1. The Morgan fingerprint density at radius 2 is 1.75 bits per heavy atom. The Morgan fingerprint density at radius 1 is 1.06 bits per heavy atom. The summed E-state index contributed by atoms with van der Waals surface area (Å²) in [5.41, 5.74) is 3.02. The van der Waals surface area contributed by atoms with Gasteiger partial charge in [-0.3, -0.25) is 14.6 Å². The highest BCUT2D eigenvalue weighted by molar-refractivity contribution is 5.92. The molecule has 174 valence electrons. The van der Waals surface area contributed by atoms with E-state index in [1.807, 2.05) is 11.8 Å². The molecule has 1 aromatic heterocycles. The molecule has 1 N–H and O–H groups in total. The smallest absolute Gasteiger partial charge is 0.275 e. The molecular weight excluding hydrogens is 406 g/mol. The number of carbonyl (C=O) groups is 1. The van der Waals surface area contributed by atoms with Gasteiger partial charge in [0.25, 0.3) is 5.91 Å². The number of para-hydroxylation sites is 1. The number of nitrogens with zero attached hydrogens (tertiary/aromatic N) is 5. The van der Waals surface area contributed by atoms with Gasteiger partial charge in [0.15, 0.2) is 5.69 Å². The maximum absolute atomic E-state index is 13.0. The summed E-state index contributed by atoms with van der Waals surface area (Å²) in [5.74, 6) is 0.540. The zero-order valence-electron chi connectivity index (χ0n) is 19.2. The minimum atomic E-state index is -0.301. The van der Waals surface area contributed by atoms with Crippen LogP contribution in [0.2, 0.25) is 0 Å². The number of anilines is 1. The van der Waals surface area contributed by atoms with E-state index in [-0.39, 0.29) is 12.0 Å². The molecule has 0 aliphatic carbocycles. The van der Waals surface area contributed by atoms with Gasteiger partial charge in [-0.15, -0.1) is 0 Å². The van der Waals surface area contributed by atoms with E-state index in [9.17, 15) is 9.90 Å². The van der Waals surface area contributed by atoms with Crippen molar-refractivity contribution in [3.8, 4) is 0 Å². The molecule has 0 spiro atoms. The Hall–Kier alpha value is -2.42. The second-order valence-corrected chi connectivity index (χ2v) is 8.81. The molecule has 1 amide bonds. The third kappa shape index (κ3) is 5.49. The monoisotopic (exact) mass is 441 g/mol. The Bertz CT molecular complexity index is 883. The third-order valence-electron chi connectivity index (χ3n) is 6.40. The van der Waals surface area contributed by atoms with Gasteiger partial charge in [0, 0.05) is 64.6 Å². The van der Waals surface area contributed by atoms with Crippen LogP contribution >= 0.6 is 0 Å². The van der Waals surface area contributed by atoms with E-state index in [1.165, 1.54) is 17.5 Å². The molecule has 0 saturated carbocycles. The van der Waals surface area contributed by atoms with E-state index in [2.05, 4.69) is 50.9 Å². The molecule has 2 aliphatic rings. The molecule has 1 atom stereocenters. The van der Waals surface area contributed by atoms with Crippen LogP contribution in [0.3, 0.4) is 0 Å². The molecule has 4 rings (SSSR count). The van der Waals surface area contributed by atoms with Gasteiger partial charge in [0.2, 0.25) is 5.89 Å². The number of piperazine rings is 2. The van der Waals surface area contributed by atoms with Crippen molar-refractivity contribution in [2.45, 2.75) is 32.9 Å². The van der Waals surface area contributed by atoms with Crippen molar-refractivity contribution in [1.29, 1.82) is 0 Å². The van der Waals surface area contributed by atoms with Crippen molar-refractivity contribution < 1.29 is 14.3 Å². The lowest BCUT2D eigenvalue weighted by Gasteiger charge is -2.36. The van der Waals surface area contributed by atoms with E-state index in [0.29, 0.717) is 37.8 Å². The van der Waals surface area contributed by atoms with E-state index < -0.39 is 0 Å². The van der Waals surface area contributed by atoms with Crippen LogP contribution in [0.25, 0.3) is 0 Å². The zero-order valence-corrected chi connectivity index (χ0v) is 19.2. The Morgan fingerprint density at radius 3 is 2.44 bits per heavy atom. The molecule has 0 bridgehead atoms. The van der Waals surface area contributed by atoms with Crippen LogP contribution < -0.4 is 4.90 Å². The number of β-amino-alcohol motifs (C(OH)–C–C–N with tert-alkyl or cyclic N) is 1. The van der Waals surface area contributed by atoms with Crippen LogP contribution in [0.5, 0.6) is 0 Å². The van der Waals surface area contributed by atoms with Crippen LogP contribution in [-0.4, -0.2) is 95.7 Å². The lowest BCUT2D eigenvalue weighted by molar-refractivity contribution is 0.0739. The topological polar surface area (TPSA) is 76.3 Å². The Kier molecular flexibility index (Phi) is 7.44. The van der Waals surface area contributed by atoms with Crippen molar-refractivity contribution in [3.63, 3.8) is 0 Å². The van der Waals surface area contributed by atoms with Gasteiger partial charge in [-0.05, 0) is 25.0 Å². The maximum atomic E-state index is 13.0. The van der Waals surface area contributed by atoms with Crippen molar-refractivity contribution in [2.24, 2.45) is 0 Å². The number of carbonyl (C=O) groups excluding carboxylic acids is 1. The zero-order chi connectivity index (χ0) is 22.5. The average Bonchev–Trinajstić information content (AvgIpc) is 3.28. The molecule has 32 heavy (non-hydrogen) atoms. The molecule has 1 aromatic carbocycles. The van der Waals surface area contributed by atoms with E-state index in [4.69, 9.17) is 4.42 Å². The first-order chi connectivity index (χ1) is 15.5. The number of aliphatic hydroxyl groups excluding tert-OH is 1. The Labute approximate surface area is 190 Å². The number of oxazole rings is 1. The first-order valence-corrected chi connectivity index (χ1v) is 11.7. The molecule has 2 aromatic rings. The highest BCUT2D eigenvalue weighted by Gasteiger charge is 2.26. The lowest BCUT2D eigenvalue weighted by atomic mass is 10.1. The summed E-state index contributed by atoms with van der Waals surface area (Å²) < 4.78 is 5.63. The number of hydrogen-bond acceptors (Lipinski definition) is 7. The normalized spacial score (nSPS) is 19.3. The molecule has 2 aliphatic heterocycles. The minimum Gasteiger partial charge on any atom is -0.447 e. The predicted molar refractivity (Wildman–Crippen MR) is 124 cm³/mol. The van der Waals surface area contributed by atoms with Crippen LogP contribution in [0, 0.1) is 0 Å². The summed E-state index contributed by atoms with van der Waals surface area (Å²) in [6, 6.07) is 8.51. The van der Waals surface area contributed by atoms with Gasteiger partial charge in [0.05, 0.1) is 12.6 Å². The van der Waals surface area contributed by atoms with Crippen molar-refractivity contribution >= 4 is 11.6 Å². The van der Waals surface area contributed by atoms with Crippen LogP contribution in [-0.2, 0) is 13.0 Å². The standard InChI is InChI=1S/C24H35N5O3/c1-3-20-6-4-5-7-22(20)28-12-14-29(15-13-28)24(31)21-18-32-23(25-21)17-27-10-8-26(9-11-27)16-19(2)30/h4-7,18-19,30H,3,8-17H2,1-2H3. The van der Waals surface area contributed by atoms with Crippen LogP contribution in [0.1, 0.15) is 35.8 Å². The molecule has 1 unspecified atom stereocenters. The van der Waals surface area contributed by atoms with E-state index in [0.717, 1.165) is 45.7 Å². The highest BCUT2D eigenvalue weighted by Crippen LogP contribution is 2.23. The number of aliphatic hydroxyl groups is 1. The van der Waals surface area contributed by atoms with E-state index in [1.54, 1.807) is 0 Å². The molecule has 8 nitrogen and oxygen atoms in total. The van der Waals surface area contributed by atoms with Gasteiger partial charge in [-0.2, -0.15) is 0 Å². The molecule has 2 fully saturated rings. The third-order valence-corrected chi connectivity index (χ3v) is 6.40. The van der Waals surface area contributed by atoms with Gasteiger partial charge in [0.1, 0.15) is 6.26 Å². The van der Waals surface area contributed by atoms with Gasteiger partial charge in [-0.1, -0.05) is 25.1 Å². The fourth-order valence-electron chi connectivity index (χ4n) is 4.61. The fraction of sp³-hybridized carbons (Fsp3) is 0.583. The van der Waals surface area contributed by atoms with Crippen molar-refractivity contribution in [3.05, 3.63) is 47.7 Å². The molecule has 0 radical (unpaired) electrons. The molecule has 8 heteroatoms. The SMILES string of the molecule is CCc1ccccc1N1CCN(C(=O)c2coc(CN3CCN(CC(C)O)CC3)n2)CC1. The summed E-state index contributed by atoms with van der Waals surface area (Å²) in [5, 5.41) is 9.55. The summed E-state index contributed by atoms with van der Waals surface area (Å²) in [4.78, 5) is 26.2. The molecule has 2 saturated heterocycles. The van der Waals surface area contributed by atoms with Crippen molar-refractivity contribution in [1.82, 2.24) is 19.7 Å². The first-order valence-electron chi connectivity index (χ1n) is 11.7. The fourth-order valence-corrected chi connectivity index (χ4v) is 4.61. The Balaban J connectivity index is 1.27. The van der Waals surface area contributed by atoms with Gasteiger partial charge in [-0.25, -0.2) is 4.98 Å². The average molecular weight is 442 g/mol. The number of aromatic nitrogens is 1. The lowest BCUT2D eigenvalue weighted by Crippen LogP contribution is -2.49. The number of aryl methyl sites for hydroxylation is 1. The van der Waals surface area contributed by atoms with Gasteiger partial charge >= 0.3 is 0 Å². The first kappa shape index (κ1) is 22.8. The number of benzene rings is 1. The summed E-state index contributed by atoms with van der Waals surface area (Å²) in [6.07, 6.45) is 2.21. The number of rotatable bonds is 7. The predicted octanol–water partition coefficient (Wildman–Crippen LogP) is 1.70. The summed E-state index contributed by atoms with van der Waals surface area (Å²) >= 11 is 0. The summed E-state index contributed by atoms with van der Waals surface area (Å²) in [7, 11) is 0. The van der Waals surface area contributed by atoms with Gasteiger partial charge < -0.3 is 19.3 Å². The quantitative estimate of drug-likeness (QED) is 0.701. The maximum Gasteiger partial charge on any atom is 0.275 e. The second-order valence-electron chi connectivity index (χ2n) is 8.81. The largest absolute Gasteiger partial charge is 0.447 e. The molecule has 3 heterocycles. The van der Waals surface area contributed by atoms with Crippen LogP contribution in [0.4, 0.5) is 5.69 Å². The van der Waals surface area contributed by atoms with Crippen LogP contribution in [0.15, 0.2) is 34.9 Å². The second kappa shape index (κ2) is 10.5. The summed E-state index contributed by atoms with van der Waals surface area (Å²) in [6.45, 7) is 12.0. The highest BCUT2D eigenvalue weighted by atomic mass is 16.3. The van der Waals surface area contributed by atoms with Crippen molar-refractivity contribution in [2.75, 3.05) is 63.8 Å². The van der Waals surface area contributed by atoms with E-state index >= 15 is 0 Å². The minimum absolute atomic E-state index is 0.0508. The molecular formula is C24H35N5O3. The number of amides is 1.